The number of urea groups is 1. The maximum absolute atomic E-state index is 12.6. The highest BCUT2D eigenvalue weighted by Crippen LogP contribution is 2.16. The van der Waals surface area contributed by atoms with E-state index in [2.05, 4.69) is 16.1 Å². The largest absolute Gasteiger partial charge is 0.443 e. The third-order valence-electron chi connectivity index (χ3n) is 4.51. The molecule has 1 aromatic rings. The molecule has 29 heavy (non-hydrogen) atoms. The molecule has 0 saturated carbocycles. The molecule has 4 amide bonds. The van der Waals surface area contributed by atoms with Gasteiger partial charge in [-0.3, -0.25) is 4.79 Å². The molecule has 9 nitrogen and oxygen atoms in total. The number of hydrogen-bond donors (Lipinski definition) is 4. The van der Waals surface area contributed by atoms with Gasteiger partial charge in [-0.05, 0) is 24.3 Å². The molecule has 1 heterocycles. The molecule has 160 valence electrons. The predicted molar refractivity (Wildman–Crippen MR) is 106 cm³/mol. The molecule has 0 radical (unpaired) electrons. The first kappa shape index (κ1) is 22.5. The Morgan fingerprint density at radius 3 is 2.62 bits per heavy atom. The van der Waals surface area contributed by atoms with Crippen molar-refractivity contribution in [1.82, 2.24) is 21.1 Å². The van der Waals surface area contributed by atoms with Gasteiger partial charge in [-0.1, -0.05) is 44.2 Å². The van der Waals surface area contributed by atoms with E-state index >= 15 is 0 Å². The molecule has 9 heteroatoms. The summed E-state index contributed by atoms with van der Waals surface area (Å²) in [5.41, 5.74) is 3.28. The van der Waals surface area contributed by atoms with E-state index in [0.717, 1.165) is 10.6 Å². The lowest BCUT2D eigenvalue weighted by atomic mass is 9.99. The zero-order chi connectivity index (χ0) is 21.2. The van der Waals surface area contributed by atoms with Crippen molar-refractivity contribution in [3.8, 4) is 0 Å². The summed E-state index contributed by atoms with van der Waals surface area (Å²) in [5, 5.41) is 16.2. The van der Waals surface area contributed by atoms with Crippen LogP contribution in [0.3, 0.4) is 0 Å². The number of aliphatic hydroxyl groups is 1. The van der Waals surface area contributed by atoms with Gasteiger partial charge in [-0.2, -0.15) is 0 Å². The van der Waals surface area contributed by atoms with Gasteiger partial charge in [0.15, 0.2) is 0 Å². The number of carbonyl (C=O) groups is 3. The van der Waals surface area contributed by atoms with Crippen LogP contribution in [0.4, 0.5) is 9.59 Å². The highest BCUT2D eigenvalue weighted by Gasteiger charge is 2.29. The van der Waals surface area contributed by atoms with E-state index in [9.17, 15) is 19.5 Å². The number of nitrogens with one attached hydrogen (secondary N) is 3. The van der Waals surface area contributed by atoms with Gasteiger partial charge in [0, 0.05) is 19.0 Å². The van der Waals surface area contributed by atoms with E-state index in [4.69, 9.17) is 4.74 Å². The monoisotopic (exact) mass is 406 g/mol. The van der Waals surface area contributed by atoms with Crippen LogP contribution in [0.2, 0.25) is 0 Å². The zero-order valence-corrected chi connectivity index (χ0v) is 16.9. The van der Waals surface area contributed by atoms with Crippen molar-refractivity contribution in [3.05, 3.63) is 35.9 Å². The molecule has 1 saturated heterocycles. The summed E-state index contributed by atoms with van der Waals surface area (Å²) in [6.07, 6.45) is 0.257. The Hall–Kier alpha value is -2.81. The van der Waals surface area contributed by atoms with Gasteiger partial charge in [0.1, 0.15) is 6.61 Å². The number of nitrogens with zero attached hydrogens (tertiary/aromatic N) is 1. The van der Waals surface area contributed by atoms with Crippen LogP contribution >= 0.6 is 0 Å². The summed E-state index contributed by atoms with van der Waals surface area (Å²) in [5.74, 6) is -0.225. The van der Waals surface area contributed by atoms with E-state index in [1.807, 2.05) is 44.2 Å². The second-order valence-corrected chi connectivity index (χ2v) is 7.52. The molecule has 4 N–H and O–H groups in total. The number of ether oxygens (including phenoxy) is 1. The van der Waals surface area contributed by atoms with Gasteiger partial charge in [0.2, 0.25) is 5.91 Å². The maximum Gasteiger partial charge on any atom is 0.426 e. The van der Waals surface area contributed by atoms with E-state index in [0.29, 0.717) is 19.4 Å². The van der Waals surface area contributed by atoms with Crippen LogP contribution in [0.25, 0.3) is 0 Å². The average Bonchev–Trinajstić information content (AvgIpc) is 3.10. The fourth-order valence-corrected chi connectivity index (χ4v) is 3.06. The smallest absolute Gasteiger partial charge is 0.426 e. The maximum atomic E-state index is 12.6. The number of hydrogen-bond acceptors (Lipinski definition) is 5. The normalized spacial score (nSPS) is 16.8. The van der Waals surface area contributed by atoms with Crippen molar-refractivity contribution in [1.29, 1.82) is 0 Å². The number of amides is 4. The van der Waals surface area contributed by atoms with E-state index in [-0.39, 0.29) is 37.5 Å². The van der Waals surface area contributed by atoms with Crippen molar-refractivity contribution in [2.24, 2.45) is 11.8 Å². The highest BCUT2D eigenvalue weighted by atomic mass is 16.6. The van der Waals surface area contributed by atoms with Crippen LogP contribution in [0.15, 0.2) is 30.3 Å². The van der Waals surface area contributed by atoms with E-state index in [1.165, 1.54) is 0 Å². The van der Waals surface area contributed by atoms with Gasteiger partial charge >= 0.3 is 12.1 Å². The summed E-state index contributed by atoms with van der Waals surface area (Å²) >= 11 is 0. The average molecular weight is 406 g/mol. The molecule has 0 spiro atoms. The quantitative estimate of drug-likeness (QED) is 0.486. The molecule has 1 aromatic carbocycles. The minimum Gasteiger partial charge on any atom is -0.443 e. The van der Waals surface area contributed by atoms with Crippen LogP contribution in [0.5, 0.6) is 0 Å². The lowest BCUT2D eigenvalue weighted by Crippen LogP contribution is -2.55. The summed E-state index contributed by atoms with van der Waals surface area (Å²) in [6, 6.07) is 8.06. The minimum absolute atomic E-state index is 0.0700. The first-order chi connectivity index (χ1) is 13.9. The molecule has 0 bridgehead atoms. The molecular formula is C20H30N4O5. The summed E-state index contributed by atoms with van der Waals surface area (Å²) in [4.78, 5) is 36.5. The third-order valence-corrected chi connectivity index (χ3v) is 4.51. The third kappa shape index (κ3) is 7.61. The predicted octanol–water partition coefficient (Wildman–Crippen LogP) is 1.38. The summed E-state index contributed by atoms with van der Waals surface area (Å²) in [7, 11) is 0. The highest BCUT2D eigenvalue weighted by molar-refractivity contribution is 5.81. The molecule has 0 aromatic heterocycles. The molecule has 2 atom stereocenters. The number of rotatable bonds is 8. The van der Waals surface area contributed by atoms with Crippen molar-refractivity contribution in [2.45, 2.75) is 39.3 Å². The summed E-state index contributed by atoms with van der Waals surface area (Å²) in [6.45, 7) is 4.45. The summed E-state index contributed by atoms with van der Waals surface area (Å²) < 4.78 is 5.17. The fourth-order valence-electron chi connectivity index (χ4n) is 3.06. The lowest BCUT2D eigenvalue weighted by molar-refractivity contribution is -0.122. The molecule has 2 rings (SSSR count). The zero-order valence-electron chi connectivity index (χ0n) is 16.9. The van der Waals surface area contributed by atoms with Crippen molar-refractivity contribution < 1.29 is 24.2 Å². The molecule has 0 aliphatic carbocycles. The van der Waals surface area contributed by atoms with E-state index in [1.54, 1.807) is 0 Å². The number of benzene rings is 1. The fraction of sp³-hybridized carbons (Fsp3) is 0.550. The van der Waals surface area contributed by atoms with Crippen LogP contribution in [0, 0.1) is 11.8 Å². The topological polar surface area (TPSA) is 120 Å². The second-order valence-electron chi connectivity index (χ2n) is 7.52. The van der Waals surface area contributed by atoms with Crippen LogP contribution in [0.1, 0.15) is 32.3 Å². The first-order valence-electron chi connectivity index (χ1n) is 9.83. The molecule has 1 aliphatic heterocycles. The van der Waals surface area contributed by atoms with Gasteiger partial charge in [-0.15, -0.1) is 0 Å². The molecule has 1 aliphatic rings. The van der Waals surface area contributed by atoms with Gasteiger partial charge < -0.3 is 20.5 Å². The SMILES string of the molecule is CC(C)CN(NC(=O)OCc1ccccc1)C(=O)N[C@H](CO)C[C@@H]1CCNC1=O. The number of hydrazine groups is 1. The van der Waals surface area contributed by atoms with Crippen LogP contribution in [-0.2, 0) is 16.1 Å². The first-order valence-corrected chi connectivity index (χ1v) is 9.83. The van der Waals surface area contributed by atoms with Crippen LogP contribution < -0.4 is 16.1 Å². The van der Waals surface area contributed by atoms with E-state index < -0.39 is 18.2 Å². The lowest BCUT2D eigenvalue weighted by Gasteiger charge is -2.27. The molecule has 1 fully saturated rings. The number of carbonyl (C=O) groups excluding carboxylic acids is 3. The Morgan fingerprint density at radius 2 is 2.03 bits per heavy atom. The van der Waals surface area contributed by atoms with Crippen molar-refractivity contribution in [3.63, 3.8) is 0 Å². The Balaban J connectivity index is 1.89. The molecular weight excluding hydrogens is 376 g/mol. The van der Waals surface area contributed by atoms with Crippen molar-refractivity contribution >= 4 is 18.0 Å². The van der Waals surface area contributed by atoms with Gasteiger partial charge in [0.05, 0.1) is 12.6 Å². The standard InChI is InChI=1S/C20H30N4O5/c1-14(2)11-24(23-20(28)29-13-15-6-4-3-5-7-15)19(27)22-17(12-25)10-16-8-9-21-18(16)26/h3-7,14,16-17,25H,8-13H2,1-2H3,(H,21,26)(H,22,27)(H,23,28)/t16-,17-/m0/s1. The van der Waals surface area contributed by atoms with Crippen LogP contribution in [-0.4, -0.2) is 53.9 Å². The van der Waals surface area contributed by atoms with Crippen molar-refractivity contribution in [2.75, 3.05) is 19.7 Å². The molecule has 0 unspecified atom stereocenters. The van der Waals surface area contributed by atoms with Gasteiger partial charge in [-0.25, -0.2) is 20.0 Å². The second kappa shape index (κ2) is 11.3. The van der Waals surface area contributed by atoms with Gasteiger partial charge in [0.25, 0.3) is 0 Å². The Morgan fingerprint density at radius 1 is 1.31 bits per heavy atom. The minimum atomic E-state index is -0.750. The Kier molecular flexibility index (Phi) is 8.72. The number of aliphatic hydroxyl groups excluding tert-OH is 1. The Bertz CT molecular complexity index is 683. The Labute approximate surface area is 170 Å².